The molecule has 11 heteroatoms. The third-order valence-corrected chi connectivity index (χ3v) is 3.16. The number of alkyl halides is 3. The normalized spacial score (nSPS) is 12.0. The van der Waals surface area contributed by atoms with E-state index in [0.717, 1.165) is 12.1 Å². The molecular formula is C17H15F3N2O6. The van der Waals surface area contributed by atoms with Gasteiger partial charge in [-0.2, -0.15) is 0 Å². The average molecular weight is 400 g/mol. The molecule has 0 fully saturated rings. The van der Waals surface area contributed by atoms with Crippen LogP contribution in [0.1, 0.15) is 17.5 Å². The van der Waals surface area contributed by atoms with Gasteiger partial charge in [0.05, 0.1) is 6.26 Å². The van der Waals surface area contributed by atoms with Gasteiger partial charge in [-0.1, -0.05) is 0 Å². The molecule has 8 nitrogen and oxygen atoms in total. The van der Waals surface area contributed by atoms with E-state index in [1.165, 1.54) is 37.5 Å². The maximum absolute atomic E-state index is 12.1. The van der Waals surface area contributed by atoms with E-state index >= 15 is 0 Å². The van der Waals surface area contributed by atoms with Crippen LogP contribution in [0.15, 0.2) is 47.1 Å². The van der Waals surface area contributed by atoms with Crippen molar-refractivity contribution >= 4 is 23.5 Å². The molecule has 1 aromatic carbocycles. The zero-order valence-electron chi connectivity index (χ0n) is 14.4. The van der Waals surface area contributed by atoms with Gasteiger partial charge in [-0.25, -0.2) is 4.79 Å². The number of anilines is 1. The van der Waals surface area contributed by atoms with Crippen LogP contribution in [0.25, 0.3) is 0 Å². The summed E-state index contributed by atoms with van der Waals surface area (Å²) in [4.78, 5) is 35.3. The molecule has 0 bridgehead atoms. The molecule has 0 radical (unpaired) electrons. The van der Waals surface area contributed by atoms with Crippen molar-refractivity contribution in [2.45, 2.75) is 19.3 Å². The molecule has 0 aliphatic rings. The summed E-state index contributed by atoms with van der Waals surface area (Å²) in [7, 11) is 0. The third-order valence-electron chi connectivity index (χ3n) is 3.16. The molecule has 1 heterocycles. The molecule has 2 N–H and O–H groups in total. The first-order valence-electron chi connectivity index (χ1n) is 7.81. The lowest BCUT2D eigenvalue weighted by Gasteiger charge is -2.13. The highest BCUT2D eigenvalue weighted by Gasteiger charge is 2.31. The fourth-order valence-electron chi connectivity index (χ4n) is 1.93. The number of carbonyl (C=O) groups excluding carboxylic acids is 3. The number of carbonyl (C=O) groups is 3. The molecule has 0 aliphatic heterocycles. The van der Waals surface area contributed by atoms with Gasteiger partial charge >= 0.3 is 12.3 Å². The van der Waals surface area contributed by atoms with Gasteiger partial charge in [0.15, 0.2) is 12.4 Å². The number of hydrogen-bond acceptors (Lipinski definition) is 6. The van der Waals surface area contributed by atoms with Crippen LogP contribution < -0.4 is 15.4 Å². The topological polar surface area (TPSA) is 107 Å². The summed E-state index contributed by atoms with van der Waals surface area (Å²) >= 11 is 0. The van der Waals surface area contributed by atoms with Gasteiger partial charge in [0.25, 0.3) is 11.8 Å². The Balaban J connectivity index is 1.76. The molecule has 150 valence electrons. The van der Waals surface area contributed by atoms with Crippen LogP contribution >= 0.6 is 0 Å². The first-order chi connectivity index (χ1) is 13.1. The molecule has 0 saturated carbocycles. The van der Waals surface area contributed by atoms with E-state index in [-0.39, 0.29) is 11.4 Å². The second kappa shape index (κ2) is 8.93. The van der Waals surface area contributed by atoms with Crippen molar-refractivity contribution in [3.63, 3.8) is 0 Å². The van der Waals surface area contributed by atoms with Gasteiger partial charge in [0, 0.05) is 5.69 Å². The highest BCUT2D eigenvalue weighted by Crippen LogP contribution is 2.23. The van der Waals surface area contributed by atoms with E-state index in [0.29, 0.717) is 0 Å². The molecular weight excluding hydrogens is 385 g/mol. The quantitative estimate of drug-likeness (QED) is 0.692. The SMILES string of the molecule is C[C@H](NC(=O)c1ccco1)C(=O)OCC(=O)Nc1ccc(OC(F)(F)F)cc1. The minimum absolute atomic E-state index is 0.00958. The first kappa shape index (κ1) is 20.8. The van der Waals surface area contributed by atoms with Crippen molar-refractivity contribution in [3.05, 3.63) is 48.4 Å². The Hall–Kier alpha value is -3.50. The maximum atomic E-state index is 12.1. The Bertz CT molecular complexity index is 818. The lowest BCUT2D eigenvalue weighted by molar-refractivity contribution is -0.274. The lowest BCUT2D eigenvalue weighted by atomic mass is 10.3. The molecule has 2 amide bonds. The van der Waals surface area contributed by atoms with Gasteiger partial charge in [0.2, 0.25) is 0 Å². The van der Waals surface area contributed by atoms with E-state index in [2.05, 4.69) is 15.4 Å². The number of esters is 1. The predicted octanol–water partition coefficient (Wildman–Crippen LogP) is 2.48. The lowest BCUT2D eigenvalue weighted by Crippen LogP contribution is -2.40. The monoisotopic (exact) mass is 400 g/mol. The highest BCUT2D eigenvalue weighted by atomic mass is 19.4. The van der Waals surface area contributed by atoms with Gasteiger partial charge in [0.1, 0.15) is 11.8 Å². The van der Waals surface area contributed by atoms with E-state index < -0.39 is 42.5 Å². The van der Waals surface area contributed by atoms with Crippen LogP contribution in [0.5, 0.6) is 5.75 Å². The Morgan fingerprint density at radius 3 is 2.39 bits per heavy atom. The number of furan rings is 1. The first-order valence-corrected chi connectivity index (χ1v) is 7.81. The Morgan fingerprint density at radius 1 is 1.14 bits per heavy atom. The van der Waals surface area contributed by atoms with Gasteiger partial charge < -0.3 is 24.5 Å². The van der Waals surface area contributed by atoms with E-state index in [1.807, 2.05) is 0 Å². The van der Waals surface area contributed by atoms with Crippen LogP contribution in [0.2, 0.25) is 0 Å². The Morgan fingerprint density at radius 2 is 1.82 bits per heavy atom. The summed E-state index contributed by atoms with van der Waals surface area (Å²) in [5.41, 5.74) is 0.176. The number of ether oxygens (including phenoxy) is 2. The molecule has 1 atom stereocenters. The van der Waals surface area contributed by atoms with E-state index in [4.69, 9.17) is 9.15 Å². The van der Waals surface area contributed by atoms with Crippen LogP contribution in [0, 0.1) is 0 Å². The Kier molecular flexibility index (Phi) is 6.64. The molecule has 0 saturated heterocycles. The molecule has 0 unspecified atom stereocenters. The molecule has 1 aromatic heterocycles. The zero-order valence-corrected chi connectivity index (χ0v) is 14.4. The largest absolute Gasteiger partial charge is 0.573 e. The summed E-state index contributed by atoms with van der Waals surface area (Å²) in [6.07, 6.45) is -3.52. The van der Waals surface area contributed by atoms with Crippen molar-refractivity contribution < 1.29 is 41.4 Å². The summed E-state index contributed by atoms with van der Waals surface area (Å²) in [5.74, 6) is -2.64. The van der Waals surface area contributed by atoms with E-state index in [1.54, 1.807) is 0 Å². The average Bonchev–Trinajstić information content (AvgIpc) is 3.15. The smallest absolute Gasteiger partial charge is 0.459 e. The van der Waals surface area contributed by atoms with Crippen LogP contribution in [-0.4, -0.2) is 36.8 Å². The number of amides is 2. The summed E-state index contributed by atoms with van der Waals surface area (Å²) in [5, 5.41) is 4.67. The summed E-state index contributed by atoms with van der Waals surface area (Å²) in [6.45, 7) is 0.709. The minimum atomic E-state index is -4.82. The summed E-state index contributed by atoms with van der Waals surface area (Å²) < 4.78 is 49.6. The van der Waals surface area contributed by atoms with Crippen molar-refractivity contribution in [2.75, 3.05) is 11.9 Å². The second-order valence-electron chi connectivity index (χ2n) is 5.40. The fourth-order valence-corrected chi connectivity index (χ4v) is 1.93. The van der Waals surface area contributed by atoms with Crippen molar-refractivity contribution in [1.29, 1.82) is 0 Å². The fraction of sp³-hybridized carbons (Fsp3) is 0.235. The van der Waals surface area contributed by atoms with Crippen molar-refractivity contribution in [2.24, 2.45) is 0 Å². The molecule has 0 aliphatic carbocycles. The standard InChI is InChI=1S/C17H15F3N2O6/c1-10(21-15(24)13-3-2-8-26-13)16(25)27-9-14(23)22-11-4-6-12(7-5-11)28-17(18,19)20/h2-8,10H,9H2,1H3,(H,21,24)(H,22,23)/t10-/m0/s1. The number of hydrogen-bond donors (Lipinski definition) is 2. The summed E-state index contributed by atoms with van der Waals surface area (Å²) in [6, 6.07) is 6.28. The third kappa shape index (κ3) is 6.67. The van der Waals surface area contributed by atoms with Crippen LogP contribution in [0.3, 0.4) is 0 Å². The highest BCUT2D eigenvalue weighted by molar-refractivity contribution is 5.95. The number of nitrogens with one attached hydrogen (secondary N) is 2. The Labute approximate surface area is 156 Å². The number of halogens is 3. The van der Waals surface area contributed by atoms with Crippen molar-refractivity contribution in [3.8, 4) is 5.75 Å². The predicted molar refractivity (Wildman–Crippen MR) is 88.3 cm³/mol. The number of rotatable bonds is 7. The minimum Gasteiger partial charge on any atom is -0.459 e. The zero-order chi connectivity index (χ0) is 20.7. The van der Waals surface area contributed by atoms with Crippen LogP contribution in [-0.2, 0) is 14.3 Å². The van der Waals surface area contributed by atoms with E-state index in [9.17, 15) is 27.6 Å². The van der Waals surface area contributed by atoms with Crippen LogP contribution in [0.4, 0.5) is 18.9 Å². The maximum Gasteiger partial charge on any atom is 0.573 e. The van der Waals surface area contributed by atoms with Gasteiger partial charge in [-0.3, -0.25) is 9.59 Å². The van der Waals surface area contributed by atoms with Gasteiger partial charge in [-0.05, 0) is 43.3 Å². The molecule has 28 heavy (non-hydrogen) atoms. The van der Waals surface area contributed by atoms with Crippen molar-refractivity contribution in [1.82, 2.24) is 5.32 Å². The second-order valence-corrected chi connectivity index (χ2v) is 5.40. The number of benzene rings is 1. The van der Waals surface area contributed by atoms with Gasteiger partial charge in [-0.15, -0.1) is 13.2 Å². The molecule has 2 aromatic rings. The molecule has 2 rings (SSSR count). The molecule has 0 spiro atoms.